The van der Waals surface area contributed by atoms with Crippen molar-refractivity contribution in [3.8, 4) is 5.13 Å². The highest BCUT2D eigenvalue weighted by Gasteiger charge is 2.20. The molecule has 2 heterocycles. The Morgan fingerprint density at radius 1 is 1.24 bits per heavy atom. The number of nitrogens with zero attached hydrogens (tertiary/aromatic N) is 3. The van der Waals surface area contributed by atoms with Gasteiger partial charge in [0.25, 0.3) is 5.91 Å². The Balaban J connectivity index is 2.25. The zero-order chi connectivity index (χ0) is 18.6. The Kier molecular flexibility index (Phi) is 6.30. The average Bonchev–Trinajstić information content (AvgIpc) is 3.10. The molecular weight excluding hydrogens is 340 g/mol. The number of hydrogen-bond donors (Lipinski definition) is 1. The van der Waals surface area contributed by atoms with Crippen molar-refractivity contribution in [1.29, 1.82) is 0 Å². The summed E-state index contributed by atoms with van der Waals surface area (Å²) in [6.07, 6.45) is 3.24. The van der Waals surface area contributed by atoms with E-state index in [2.05, 4.69) is 27.1 Å². The standard InChI is InChI=1S/C17H24N4O3S/c1-6-7-8-13-10(2)20-21(12(13)4)17-19-11(3)15(25-17)16(23)18-9-14(22)24-5/h6-9H2,1-5H3,(H,18,23). The number of rotatable bonds is 7. The molecule has 1 amide bonds. The molecule has 8 heteroatoms. The highest BCUT2D eigenvalue weighted by atomic mass is 32.1. The molecule has 0 bridgehead atoms. The van der Waals surface area contributed by atoms with Crippen molar-refractivity contribution in [2.24, 2.45) is 0 Å². The molecule has 0 aliphatic rings. The molecule has 1 N–H and O–H groups in total. The fraction of sp³-hybridized carbons (Fsp3) is 0.529. The van der Waals surface area contributed by atoms with Gasteiger partial charge in [0, 0.05) is 5.69 Å². The summed E-state index contributed by atoms with van der Waals surface area (Å²) in [5.74, 6) is -0.825. The van der Waals surface area contributed by atoms with Crippen LogP contribution in [0.1, 0.15) is 52.1 Å². The molecule has 0 radical (unpaired) electrons. The van der Waals surface area contributed by atoms with Gasteiger partial charge in [-0.05, 0) is 39.2 Å². The second-order valence-corrected chi connectivity index (χ2v) is 6.81. The molecular formula is C17H24N4O3S. The lowest BCUT2D eigenvalue weighted by Crippen LogP contribution is -2.29. The van der Waals surface area contributed by atoms with E-state index in [1.807, 2.05) is 13.8 Å². The van der Waals surface area contributed by atoms with Crippen LogP contribution in [0.15, 0.2) is 0 Å². The maximum atomic E-state index is 12.3. The Morgan fingerprint density at radius 2 is 1.96 bits per heavy atom. The van der Waals surface area contributed by atoms with E-state index in [-0.39, 0.29) is 12.5 Å². The number of amides is 1. The van der Waals surface area contributed by atoms with Gasteiger partial charge in [0.1, 0.15) is 11.4 Å². The molecule has 0 atom stereocenters. The molecule has 0 aliphatic carbocycles. The van der Waals surface area contributed by atoms with Gasteiger partial charge in [-0.3, -0.25) is 9.59 Å². The Bertz CT molecular complexity index is 779. The molecule has 0 unspecified atom stereocenters. The normalized spacial score (nSPS) is 10.8. The maximum absolute atomic E-state index is 12.3. The lowest BCUT2D eigenvalue weighted by Gasteiger charge is -2.02. The van der Waals surface area contributed by atoms with Crippen LogP contribution < -0.4 is 5.32 Å². The van der Waals surface area contributed by atoms with Gasteiger partial charge in [-0.15, -0.1) is 0 Å². The van der Waals surface area contributed by atoms with Gasteiger partial charge in [-0.1, -0.05) is 24.7 Å². The number of aromatic nitrogens is 3. The van der Waals surface area contributed by atoms with Crippen LogP contribution in [-0.2, 0) is 16.0 Å². The third-order valence-corrected chi connectivity index (χ3v) is 5.15. The van der Waals surface area contributed by atoms with Crippen LogP contribution in [0.25, 0.3) is 5.13 Å². The van der Waals surface area contributed by atoms with E-state index in [0.717, 1.165) is 30.7 Å². The highest BCUT2D eigenvalue weighted by molar-refractivity contribution is 7.16. The number of methoxy groups -OCH3 is 1. The molecule has 0 spiro atoms. The Labute approximate surface area is 151 Å². The summed E-state index contributed by atoms with van der Waals surface area (Å²) in [5, 5.41) is 7.79. The maximum Gasteiger partial charge on any atom is 0.325 e. The number of ether oxygens (including phenoxy) is 1. The zero-order valence-electron chi connectivity index (χ0n) is 15.3. The third-order valence-electron chi connectivity index (χ3n) is 4.02. The van der Waals surface area contributed by atoms with Crippen LogP contribution in [0.4, 0.5) is 0 Å². The summed E-state index contributed by atoms with van der Waals surface area (Å²) in [5.41, 5.74) is 3.91. The monoisotopic (exact) mass is 364 g/mol. The smallest absolute Gasteiger partial charge is 0.325 e. The molecule has 0 fully saturated rings. The number of carbonyl (C=O) groups is 2. The van der Waals surface area contributed by atoms with Gasteiger partial charge in [0.15, 0.2) is 0 Å². The summed E-state index contributed by atoms with van der Waals surface area (Å²) in [6, 6.07) is 0. The largest absolute Gasteiger partial charge is 0.468 e. The van der Waals surface area contributed by atoms with Gasteiger partial charge in [0.2, 0.25) is 5.13 Å². The van der Waals surface area contributed by atoms with E-state index in [9.17, 15) is 9.59 Å². The average molecular weight is 364 g/mol. The Morgan fingerprint density at radius 3 is 2.60 bits per heavy atom. The number of hydrogen-bond acceptors (Lipinski definition) is 6. The number of thiazole rings is 1. The van der Waals surface area contributed by atoms with E-state index in [1.165, 1.54) is 24.0 Å². The van der Waals surface area contributed by atoms with Gasteiger partial charge in [-0.2, -0.15) is 5.10 Å². The second kappa shape index (κ2) is 8.24. The molecule has 0 aliphatic heterocycles. The first-order valence-corrected chi connectivity index (χ1v) is 9.08. The molecule has 2 rings (SSSR count). The number of nitrogens with one attached hydrogen (secondary N) is 1. The predicted octanol–water partition coefficient (Wildman–Crippen LogP) is 2.50. The van der Waals surface area contributed by atoms with Crippen molar-refractivity contribution in [3.63, 3.8) is 0 Å². The van der Waals surface area contributed by atoms with Gasteiger partial charge in [0.05, 0.1) is 18.5 Å². The zero-order valence-corrected chi connectivity index (χ0v) is 16.1. The van der Waals surface area contributed by atoms with Crippen molar-refractivity contribution < 1.29 is 14.3 Å². The van der Waals surface area contributed by atoms with Crippen molar-refractivity contribution in [3.05, 3.63) is 27.5 Å². The molecule has 0 aromatic carbocycles. The lowest BCUT2D eigenvalue weighted by atomic mass is 10.1. The van der Waals surface area contributed by atoms with Crippen molar-refractivity contribution in [2.75, 3.05) is 13.7 Å². The van der Waals surface area contributed by atoms with Gasteiger partial charge < -0.3 is 10.1 Å². The SMILES string of the molecule is CCCCc1c(C)nn(-c2nc(C)c(C(=O)NCC(=O)OC)s2)c1C. The fourth-order valence-electron chi connectivity index (χ4n) is 2.56. The minimum atomic E-state index is -0.491. The van der Waals surface area contributed by atoms with E-state index in [1.54, 1.807) is 11.6 Å². The van der Waals surface area contributed by atoms with E-state index in [4.69, 9.17) is 0 Å². The minimum absolute atomic E-state index is 0.164. The molecule has 2 aromatic rings. The molecule has 2 aromatic heterocycles. The first-order valence-electron chi connectivity index (χ1n) is 8.26. The summed E-state index contributed by atoms with van der Waals surface area (Å²) < 4.78 is 6.33. The quantitative estimate of drug-likeness (QED) is 0.763. The Hall–Kier alpha value is -2.22. The van der Waals surface area contributed by atoms with E-state index < -0.39 is 5.97 Å². The minimum Gasteiger partial charge on any atom is -0.468 e. The number of esters is 1. The van der Waals surface area contributed by atoms with Crippen molar-refractivity contribution in [2.45, 2.75) is 47.0 Å². The van der Waals surface area contributed by atoms with Crippen LogP contribution >= 0.6 is 11.3 Å². The number of aryl methyl sites for hydroxylation is 2. The van der Waals surface area contributed by atoms with Crippen LogP contribution in [0.2, 0.25) is 0 Å². The van der Waals surface area contributed by atoms with Crippen LogP contribution in [0.3, 0.4) is 0 Å². The van der Waals surface area contributed by atoms with Crippen LogP contribution in [0, 0.1) is 20.8 Å². The number of unbranched alkanes of at least 4 members (excludes halogenated alkanes) is 1. The third kappa shape index (κ3) is 4.25. The van der Waals surface area contributed by atoms with E-state index >= 15 is 0 Å². The van der Waals surface area contributed by atoms with Crippen molar-refractivity contribution in [1.82, 2.24) is 20.1 Å². The van der Waals surface area contributed by atoms with Gasteiger partial charge >= 0.3 is 5.97 Å². The summed E-state index contributed by atoms with van der Waals surface area (Å²) in [4.78, 5) is 28.4. The highest BCUT2D eigenvalue weighted by Crippen LogP contribution is 2.25. The first-order chi connectivity index (χ1) is 11.9. The van der Waals surface area contributed by atoms with Crippen LogP contribution in [-0.4, -0.2) is 40.3 Å². The predicted molar refractivity (Wildman–Crippen MR) is 96.4 cm³/mol. The van der Waals surface area contributed by atoms with E-state index in [0.29, 0.717) is 15.7 Å². The number of carbonyl (C=O) groups excluding carboxylic acids is 2. The topological polar surface area (TPSA) is 86.1 Å². The van der Waals surface area contributed by atoms with Crippen LogP contribution in [0.5, 0.6) is 0 Å². The summed E-state index contributed by atoms with van der Waals surface area (Å²) in [7, 11) is 1.28. The molecule has 0 saturated carbocycles. The second-order valence-electron chi connectivity index (χ2n) is 5.83. The fourth-order valence-corrected chi connectivity index (χ4v) is 3.55. The molecule has 7 nitrogen and oxygen atoms in total. The molecule has 25 heavy (non-hydrogen) atoms. The molecule has 136 valence electrons. The summed E-state index contributed by atoms with van der Waals surface area (Å²) in [6.45, 7) is 7.80. The lowest BCUT2D eigenvalue weighted by molar-refractivity contribution is -0.139. The van der Waals surface area contributed by atoms with Crippen molar-refractivity contribution >= 4 is 23.2 Å². The van der Waals surface area contributed by atoms with Gasteiger partial charge in [-0.25, -0.2) is 9.67 Å². The summed E-state index contributed by atoms with van der Waals surface area (Å²) >= 11 is 1.27. The first kappa shape index (κ1) is 19.1. The molecule has 0 saturated heterocycles.